The third-order valence-electron chi connectivity index (χ3n) is 2.46. The molecule has 0 aliphatic rings. The number of β-amino-alcohol motifs (C(OH)–C–C–N with tert-alkyl or cyclic N) is 1. The van der Waals surface area contributed by atoms with Gasteiger partial charge in [0, 0.05) is 20.2 Å². The minimum Gasteiger partial charge on any atom is -0.395 e. The molecule has 0 saturated heterocycles. The average Bonchev–Trinajstić information content (AvgIpc) is 2.12. The average molecular weight is 190 g/mol. The van der Waals surface area contributed by atoms with Crippen LogP contribution in [0.15, 0.2) is 0 Å². The molecule has 0 bridgehead atoms. The summed E-state index contributed by atoms with van der Waals surface area (Å²) in [5.74, 6) is 0.379. The quantitative estimate of drug-likeness (QED) is 0.509. The van der Waals surface area contributed by atoms with Crippen LogP contribution in [0.4, 0.5) is 0 Å². The molecule has 0 aromatic rings. The Hall–Kier alpha value is -0.160. The second-order valence-corrected chi connectivity index (χ2v) is 3.60. The first-order chi connectivity index (χ1) is 6.13. The highest BCUT2D eigenvalue weighted by Crippen LogP contribution is 2.15. The third-order valence-corrected chi connectivity index (χ3v) is 2.46. The van der Waals surface area contributed by atoms with E-state index in [2.05, 4.69) is 19.2 Å². The van der Waals surface area contributed by atoms with Crippen LogP contribution < -0.4 is 11.1 Å². The SMILES string of the molecule is COCC(CN)(NCCO)C(C)C. The molecule has 0 saturated carbocycles. The summed E-state index contributed by atoms with van der Waals surface area (Å²) >= 11 is 0. The van der Waals surface area contributed by atoms with Crippen molar-refractivity contribution in [2.45, 2.75) is 19.4 Å². The summed E-state index contributed by atoms with van der Waals surface area (Å²) in [5, 5.41) is 12.0. The van der Waals surface area contributed by atoms with Crippen molar-refractivity contribution in [3.63, 3.8) is 0 Å². The van der Waals surface area contributed by atoms with E-state index in [-0.39, 0.29) is 12.1 Å². The van der Waals surface area contributed by atoms with E-state index in [0.717, 1.165) is 0 Å². The standard InChI is InChI=1S/C9H22N2O2/c1-8(2)9(6-10,7-13-3)11-4-5-12/h8,11-12H,4-7,10H2,1-3H3. The first-order valence-corrected chi connectivity index (χ1v) is 4.68. The summed E-state index contributed by atoms with van der Waals surface area (Å²) in [6.07, 6.45) is 0. The Bertz CT molecular complexity index is 131. The lowest BCUT2D eigenvalue weighted by atomic mass is 9.87. The highest BCUT2D eigenvalue weighted by molar-refractivity contribution is 4.91. The zero-order chi connectivity index (χ0) is 10.3. The molecule has 0 aromatic carbocycles. The van der Waals surface area contributed by atoms with Gasteiger partial charge in [-0.2, -0.15) is 0 Å². The van der Waals surface area contributed by atoms with E-state index >= 15 is 0 Å². The second kappa shape index (κ2) is 6.32. The van der Waals surface area contributed by atoms with Gasteiger partial charge in [-0.1, -0.05) is 13.8 Å². The van der Waals surface area contributed by atoms with Crippen LogP contribution in [0.5, 0.6) is 0 Å². The van der Waals surface area contributed by atoms with Gasteiger partial charge < -0.3 is 20.9 Å². The van der Waals surface area contributed by atoms with Gasteiger partial charge in [-0.05, 0) is 5.92 Å². The number of methoxy groups -OCH3 is 1. The van der Waals surface area contributed by atoms with Crippen molar-refractivity contribution in [3.05, 3.63) is 0 Å². The summed E-state index contributed by atoms with van der Waals surface area (Å²) in [4.78, 5) is 0. The Morgan fingerprint density at radius 1 is 1.54 bits per heavy atom. The smallest absolute Gasteiger partial charge is 0.0659 e. The van der Waals surface area contributed by atoms with Crippen molar-refractivity contribution in [1.29, 1.82) is 0 Å². The maximum absolute atomic E-state index is 8.73. The van der Waals surface area contributed by atoms with E-state index in [0.29, 0.717) is 25.6 Å². The Kier molecular flexibility index (Phi) is 6.24. The van der Waals surface area contributed by atoms with Crippen LogP contribution >= 0.6 is 0 Å². The Morgan fingerprint density at radius 2 is 2.15 bits per heavy atom. The van der Waals surface area contributed by atoms with Gasteiger partial charge in [-0.3, -0.25) is 0 Å². The minimum absolute atomic E-state index is 0.123. The first-order valence-electron chi connectivity index (χ1n) is 4.68. The van der Waals surface area contributed by atoms with Crippen LogP contribution in [0.2, 0.25) is 0 Å². The lowest BCUT2D eigenvalue weighted by molar-refractivity contribution is 0.0792. The molecule has 1 unspecified atom stereocenters. The maximum atomic E-state index is 8.73. The summed E-state index contributed by atoms with van der Waals surface area (Å²) in [7, 11) is 1.66. The van der Waals surface area contributed by atoms with E-state index in [1.165, 1.54) is 0 Å². The molecular weight excluding hydrogens is 168 g/mol. The molecule has 0 aromatic heterocycles. The number of nitrogens with two attached hydrogens (primary N) is 1. The van der Waals surface area contributed by atoms with E-state index in [4.69, 9.17) is 15.6 Å². The van der Waals surface area contributed by atoms with E-state index in [9.17, 15) is 0 Å². The number of rotatable bonds is 7. The van der Waals surface area contributed by atoms with Crippen LogP contribution in [-0.2, 0) is 4.74 Å². The van der Waals surface area contributed by atoms with Gasteiger partial charge in [-0.25, -0.2) is 0 Å². The monoisotopic (exact) mass is 190 g/mol. The lowest BCUT2D eigenvalue weighted by Gasteiger charge is -2.36. The molecule has 0 aliphatic heterocycles. The van der Waals surface area contributed by atoms with Crippen molar-refractivity contribution in [1.82, 2.24) is 5.32 Å². The highest BCUT2D eigenvalue weighted by Gasteiger charge is 2.31. The summed E-state index contributed by atoms with van der Waals surface area (Å²) in [6, 6.07) is 0. The number of nitrogens with one attached hydrogen (secondary N) is 1. The molecule has 0 spiro atoms. The van der Waals surface area contributed by atoms with Gasteiger partial charge in [0.1, 0.15) is 0 Å². The maximum Gasteiger partial charge on any atom is 0.0659 e. The molecule has 1 atom stereocenters. The van der Waals surface area contributed by atoms with Gasteiger partial charge >= 0.3 is 0 Å². The fourth-order valence-electron chi connectivity index (χ4n) is 1.35. The van der Waals surface area contributed by atoms with Crippen LogP contribution in [0, 0.1) is 5.92 Å². The molecule has 0 radical (unpaired) electrons. The molecule has 0 fully saturated rings. The fourth-order valence-corrected chi connectivity index (χ4v) is 1.35. The number of hydrogen-bond donors (Lipinski definition) is 3. The largest absolute Gasteiger partial charge is 0.395 e. The number of hydrogen-bond acceptors (Lipinski definition) is 4. The minimum atomic E-state index is -0.211. The fraction of sp³-hybridized carbons (Fsp3) is 1.00. The van der Waals surface area contributed by atoms with Gasteiger partial charge in [0.25, 0.3) is 0 Å². The van der Waals surface area contributed by atoms with Gasteiger partial charge in [0.2, 0.25) is 0 Å². The molecular formula is C9H22N2O2. The molecule has 0 amide bonds. The molecule has 0 aliphatic carbocycles. The van der Waals surface area contributed by atoms with Gasteiger partial charge in [0.15, 0.2) is 0 Å². The van der Waals surface area contributed by atoms with Crippen LogP contribution in [-0.4, -0.2) is 44.1 Å². The predicted molar refractivity (Wildman–Crippen MR) is 53.6 cm³/mol. The van der Waals surface area contributed by atoms with E-state index in [1.54, 1.807) is 7.11 Å². The zero-order valence-electron chi connectivity index (χ0n) is 8.84. The second-order valence-electron chi connectivity index (χ2n) is 3.60. The first kappa shape index (κ1) is 12.8. The van der Waals surface area contributed by atoms with Gasteiger partial charge in [-0.15, -0.1) is 0 Å². The summed E-state index contributed by atoms with van der Waals surface area (Å²) < 4.78 is 5.13. The molecule has 13 heavy (non-hydrogen) atoms. The zero-order valence-corrected chi connectivity index (χ0v) is 8.84. The lowest BCUT2D eigenvalue weighted by Crippen LogP contribution is -2.59. The summed E-state index contributed by atoms with van der Waals surface area (Å²) in [5.41, 5.74) is 5.50. The van der Waals surface area contributed by atoms with E-state index < -0.39 is 0 Å². The van der Waals surface area contributed by atoms with Crippen molar-refractivity contribution < 1.29 is 9.84 Å². The van der Waals surface area contributed by atoms with Crippen molar-refractivity contribution in [2.24, 2.45) is 11.7 Å². The Labute approximate surface area is 80.5 Å². The third kappa shape index (κ3) is 3.60. The van der Waals surface area contributed by atoms with Gasteiger partial charge in [0.05, 0.1) is 18.8 Å². The number of ether oxygens (including phenoxy) is 1. The van der Waals surface area contributed by atoms with Crippen molar-refractivity contribution >= 4 is 0 Å². The number of aliphatic hydroxyl groups excluding tert-OH is 1. The molecule has 4 N–H and O–H groups in total. The Morgan fingerprint density at radius 3 is 2.46 bits per heavy atom. The highest BCUT2D eigenvalue weighted by atomic mass is 16.5. The van der Waals surface area contributed by atoms with Crippen molar-refractivity contribution in [2.75, 3.05) is 33.4 Å². The predicted octanol–water partition coefficient (Wildman–Crippen LogP) is -0.432. The summed E-state index contributed by atoms with van der Waals surface area (Å²) in [6.45, 7) is 5.95. The molecule has 4 nitrogen and oxygen atoms in total. The van der Waals surface area contributed by atoms with Crippen LogP contribution in [0.3, 0.4) is 0 Å². The molecule has 0 heterocycles. The Balaban J connectivity index is 4.26. The topological polar surface area (TPSA) is 67.5 Å². The number of aliphatic hydroxyl groups is 1. The molecule has 0 rings (SSSR count). The normalized spacial score (nSPS) is 16.2. The molecule has 4 heteroatoms. The van der Waals surface area contributed by atoms with Crippen LogP contribution in [0.1, 0.15) is 13.8 Å². The van der Waals surface area contributed by atoms with E-state index in [1.807, 2.05) is 0 Å². The van der Waals surface area contributed by atoms with Crippen molar-refractivity contribution in [3.8, 4) is 0 Å². The molecule has 80 valence electrons. The van der Waals surface area contributed by atoms with Crippen LogP contribution in [0.25, 0.3) is 0 Å².